The SMILES string of the molecule is CCn1c(=O)[nH]c(=O)c2c(C(=O)NCc3ccccc3CN3CC(C)OC(C)C3)cc(C3CC3)nc21. The van der Waals surface area contributed by atoms with E-state index in [9.17, 15) is 14.4 Å². The van der Waals surface area contributed by atoms with Gasteiger partial charge in [0, 0.05) is 44.3 Å². The van der Waals surface area contributed by atoms with Crippen LogP contribution >= 0.6 is 0 Å². The Kier molecular flexibility index (Phi) is 6.77. The molecule has 9 heteroatoms. The van der Waals surface area contributed by atoms with Crippen LogP contribution in [0.25, 0.3) is 11.0 Å². The molecular formula is C27H33N5O4. The number of nitrogens with zero attached hydrogens (tertiary/aromatic N) is 3. The van der Waals surface area contributed by atoms with E-state index in [1.807, 2.05) is 25.1 Å². The zero-order valence-electron chi connectivity index (χ0n) is 21.0. The van der Waals surface area contributed by atoms with Gasteiger partial charge in [0.25, 0.3) is 11.5 Å². The van der Waals surface area contributed by atoms with Crippen LogP contribution in [0.15, 0.2) is 39.9 Å². The number of H-pyrrole nitrogens is 1. The number of fused-ring (bicyclic) bond motifs is 1. The molecule has 2 atom stereocenters. The molecule has 2 unspecified atom stereocenters. The largest absolute Gasteiger partial charge is 0.373 e. The smallest absolute Gasteiger partial charge is 0.329 e. The molecule has 5 rings (SSSR count). The van der Waals surface area contributed by atoms with Crippen molar-refractivity contribution in [2.75, 3.05) is 13.1 Å². The van der Waals surface area contributed by atoms with Gasteiger partial charge in [0.15, 0.2) is 5.65 Å². The molecule has 2 fully saturated rings. The number of pyridine rings is 1. The number of rotatable bonds is 7. The first kappa shape index (κ1) is 24.4. The van der Waals surface area contributed by atoms with Crippen LogP contribution in [0.2, 0.25) is 0 Å². The quantitative estimate of drug-likeness (QED) is 0.526. The van der Waals surface area contributed by atoms with Gasteiger partial charge in [0.1, 0.15) is 0 Å². The number of morpholine rings is 1. The molecule has 1 aromatic carbocycles. The number of hydrogen-bond donors (Lipinski definition) is 2. The van der Waals surface area contributed by atoms with E-state index in [-0.39, 0.29) is 40.6 Å². The highest BCUT2D eigenvalue weighted by Gasteiger charge is 2.29. The maximum Gasteiger partial charge on any atom is 0.329 e. The topological polar surface area (TPSA) is 109 Å². The number of amides is 1. The van der Waals surface area contributed by atoms with E-state index in [4.69, 9.17) is 4.74 Å². The van der Waals surface area contributed by atoms with E-state index in [0.717, 1.165) is 49.3 Å². The summed E-state index contributed by atoms with van der Waals surface area (Å²) in [5.74, 6) is -0.0841. The number of benzene rings is 1. The predicted molar refractivity (Wildman–Crippen MR) is 137 cm³/mol. The number of carbonyl (C=O) groups is 1. The van der Waals surface area contributed by atoms with Crippen LogP contribution in [0.4, 0.5) is 0 Å². The predicted octanol–water partition coefficient (Wildman–Crippen LogP) is 2.52. The van der Waals surface area contributed by atoms with Gasteiger partial charge in [-0.3, -0.25) is 24.0 Å². The summed E-state index contributed by atoms with van der Waals surface area (Å²) >= 11 is 0. The highest BCUT2D eigenvalue weighted by molar-refractivity contribution is 6.05. The zero-order chi connectivity index (χ0) is 25.4. The maximum absolute atomic E-state index is 13.4. The molecule has 0 bridgehead atoms. The van der Waals surface area contributed by atoms with Crippen molar-refractivity contribution in [3.8, 4) is 0 Å². The van der Waals surface area contributed by atoms with E-state index in [1.165, 1.54) is 4.57 Å². The van der Waals surface area contributed by atoms with Crippen molar-refractivity contribution < 1.29 is 9.53 Å². The first-order chi connectivity index (χ1) is 17.3. The lowest BCUT2D eigenvalue weighted by molar-refractivity contribution is -0.0705. The minimum atomic E-state index is -0.587. The Balaban J connectivity index is 1.42. The lowest BCUT2D eigenvalue weighted by Gasteiger charge is -2.35. The van der Waals surface area contributed by atoms with Crippen molar-refractivity contribution >= 4 is 16.9 Å². The molecule has 3 heterocycles. The minimum absolute atomic E-state index is 0.155. The van der Waals surface area contributed by atoms with Gasteiger partial charge >= 0.3 is 5.69 Å². The second-order valence-electron chi connectivity index (χ2n) is 9.97. The van der Waals surface area contributed by atoms with E-state index >= 15 is 0 Å². The van der Waals surface area contributed by atoms with Gasteiger partial charge in [-0.25, -0.2) is 9.78 Å². The Labute approximate surface area is 209 Å². The summed E-state index contributed by atoms with van der Waals surface area (Å²) in [5, 5.41) is 3.17. The molecule has 190 valence electrons. The molecule has 3 aromatic rings. The number of nitrogens with one attached hydrogen (secondary N) is 2. The number of aryl methyl sites for hydroxylation is 1. The van der Waals surface area contributed by atoms with Crippen LogP contribution in [0, 0.1) is 0 Å². The number of aromatic amines is 1. The van der Waals surface area contributed by atoms with Crippen LogP contribution in [-0.2, 0) is 24.4 Å². The summed E-state index contributed by atoms with van der Waals surface area (Å²) in [4.78, 5) is 48.0. The maximum atomic E-state index is 13.4. The third-order valence-corrected chi connectivity index (χ3v) is 6.97. The fraction of sp³-hybridized carbons (Fsp3) is 0.481. The Bertz CT molecular complexity index is 1400. The molecule has 1 aliphatic heterocycles. The van der Waals surface area contributed by atoms with Crippen molar-refractivity contribution in [1.29, 1.82) is 0 Å². The summed E-state index contributed by atoms with van der Waals surface area (Å²) in [6.07, 6.45) is 2.34. The Morgan fingerprint density at radius 2 is 1.83 bits per heavy atom. The second kappa shape index (κ2) is 9.99. The molecule has 2 aromatic heterocycles. The highest BCUT2D eigenvalue weighted by atomic mass is 16.5. The number of carbonyl (C=O) groups excluding carboxylic acids is 1. The molecular weight excluding hydrogens is 458 g/mol. The van der Waals surface area contributed by atoms with E-state index in [0.29, 0.717) is 13.1 Å². The van der Waals surface area contributed by atoms with Gasteiger partial charge in [-0.1, -0.05) is 24.3 Å². The molecule has 1 saturated carbocycles. The van der Waals surface area contributed by atoms with Crippen molar-refractivity contribution in [3.05, 3.63) is 73.6 Å². The third-order valence-electron chi connectivity index (χ3n) is 6.97. The summed E-state index contributed by atoms with van der Waals surface area (Å²) in [7, 11) is 0. The van der Waals surface area contributed by atoms with Gasteiger partial charge in [-0.15, -0.1) is 0 Å². The lowest BCUT2D eigenvalue weighted by Crippen LogP contribution is -2.45. The van der Waals surface area contributed by atoms with Crippen LogP contribution in [0.1, 0.15) is 66.7 Å². The number of ether oxygens (including phenoxy) is 1. The molecule has 36 heavy (non-hydrogen) atoms. The summed E-state index contributed by atoms with van der Waals surface area (Å²) in [5.41, 5.74) is 2.37. The standard InChI is InChI=1S/C27H33N5O4/c1-4-32-24-23(26(34)30-27(32)35)21(11-22(29-24)18-9-10-18)25(33)28-12-19-7-5-6-8-20(19)15-31-13-16(2)36-17(3)14-31/h5-8,11,16-18H,4,9-10,12-15H2,1-3H3,(H,28,33)(H,30,34,35). The van der Waals surface area contributed by atoms with Crippen LogP contribution in [-0.4, -0.2) is 50.6 Å². The van der Waals surface area contributed by atoms with Gasteiger partial charge in [0.2, 0.25) is 0 Å². The molecule has 9 nitrogen and oxygen atoms in total. The normalized spacial score (nSPS) is 20.5. The monoisotopic (exact) mass is 491 g/mol. The number of hydrogen-bond acceptors (Lipinski definition) is 6. The van der Waals surface area contributed by atoms with Crippen LogP contribution in [0.3, 0.4) is 0 Å². The first-order valence-electron chi connectivity index (χ1n) is 12.7. The summed E-state index contributed by atoms with van der Waals surface area (Å²) < 4.78 is 7.27. The molecule has 2 N–H and O–H groups in total. The van der Waals surface area contributed by atoms with Gasteiger partial charge in [-0.05, 0) is 50.8 Å². The van der Waals surface area contributed by atoms with Crippen molar-refractivity contribution in [3.63, 3.8) is 0 Å². The molecule has 1 aliphatic carbocycles. The molecule has 2 aliphatic rings. The Morgan fingerprint density at radius 1 is 1.14 bits per heavy atom. The van der Waals surface area contributed by atoms with Crippen LogP contribution in [0.5, 0.6) is 0 Å². The Morgan fingerprint density at radius 3 is 2.50 bits per heavy atom. The first-order valence-corrected chi connectivity index (χ1v) is 12.7. The van der Waals surface area contributed by atoms with Crippen molar-refractivity contribution in [1.82, 2.24) is 24.8 Å². The van der Waals surface area contributed by atoms with E-state index in [2.05, 4.69) is 40.1 Å². The van der Waals surface area contributed by atoms with Crippen molar-refractivity contribution in [2.24, 2.45) is 0 Å². The van der Waals surface area contributed by atoms with Crippen LogP contribution < -0.4 is 16.6 Å². The number of aromatic nitrogens is 3. The summed E-state index contributed by atoms with van der Waals surface area (Å²) in [6, 6.07) is 9.80. The zero-order valence-corrected chi connectivity index (χ0v) is 21.0. The molecule has 1 amide bonds. The van der Waals surface area contributed by atoms with Gasteiger partial charge < -0.3 is 10.1 Å². The highest BCUT2D eigenvalue weighted by Crippen LogP contribution is 2.39. The van der Waals surface area contributed by atoms with Gasteiger partial charge in [0.05, 0.1) is 23.2 Å². The Hall–Kier alpha value is -3.30. The van der Waals surface area contributed by atoms with Crippen molar-refractivity contribution in [2.45, 2.75) is 71.4 Å². The molecule has 0 radical (unpaired) electrons. The second-order valence-corrected chi connectivity index (χ2v) is 9.97. The lowest BCUT2D eigenvalue weighted by atomic mass is 10.0. The average molecular weight is 492 g/mol. The fourth-order valence-electron chi connectivity index (χ4n) is 5.16. The average Bonchev–Trinajstić information content (AvgIpc) is 3.68. The van der Waals surface area contributed by atoms with E-state index < -0.39 is 11.2 Å². The molecule has 0 spiro atoms. The minimum Gasteiger partial charge on any atom is -0.373 e. The van der Waals surface area contributed by atoms with Gasteiger partial charge in [-0.2, -0.15) is 0 Å². The van der Waals surface area contributed by atoms with E-state index in [1.54, 1.807) is 6.07 Å². The summed E-state index contributed by atoms with van der Waals surface area (Å²) in [6.45, 7) is 9.17. The fourth-order valence-corrected chi connectivity index (χ4v) is 5.16. The third kappa shape index (κ3) is 4.99. The molecule has 1 saturated heterocycles.